The smallest absolute Gasteiger partial charge is 0.150 e. The first-order chi connectivity index (χ1) is 2.81. The molecule has 0 saturated carbocycles. The molecule has 0 aliphatic heterocycles. The van der Waals surface area contributed by atoms with Gasteiger partial charge in [0.05, 0.1) is 0 Å². The average molecular weight is 158 g/mol. The van der Waals surface area contributed by atoms with E-state index in [1.165, 1.54) is 0 Å². The lowest BCUT2D eigenvalue weighted by Crippen LogP contribution is -1.42. The second-order valence-corrected chi connectivity index (χ2v) is 9.79. The highest BCUT2D eigenvalue weighted by Crippen LogP contribution is 2.63. The summed E-state index contributed by atoms with van der Waals surface area (Å²) in [6.07, 6.45) is 0. The number of carbonyl (C=O) groups is 1. The van der Waals surface area contributed by atoms with Gasteiger partial charge in [-0.05, 0) is 0 Å². The molecule has 0 heterocycles. The molecule has 0 aromatic carbocycles. The first-order valence-corrected chi connectivity index (χ1v) is 7.94. The SMILES string of the molecule is O=CP(P)PP. The second-order valence-electron chi connectivity index (χ2n) is 0.642. The molecule has 0 bridgehead atoms. The fourth-order valence-electron chi connectivity index (χ4n) is 0.0304. The highest BCUT2D eigenvalue weighted by Gasteiger charge is 1.88. The molecule has 0 rings (SSSR count). The predicted octanol–water partition coefficient (Wildman–Crippen LogP) is 1.83. The van der Waals surface area contributed by atoms with Gasteiger partial charge in [0.1, 0.15) is 6.03 Å². The summed E-state index contributed by atoms with van der Waals surface area (Å²) in [5.41, 5.74) is 0. The monoisotopic (exact) mass is 158 g/mol. The van der Waals surface area contributed by atoms with Crippen LogP contribution in [0.5, 0.6) is 0 Å². The molecular weight excluding hydrogens is 152 g/mol. The van der Waals surface area contributed by atoms with E-state index >= 15 is 0 Å². The first-order valence-electron chi connectivity index (χ1n) is 1.26. The third-order valence-corrected chi connectivity index (χ3v) is 9.07. The van der Waals surface area contributed by atoms with Gasteiger partial charge in [0.25, 0.3) is 0 Å². The fraction of sp³-hybridized carbons (Fsp3) is 0. The Hall–Kier alpha value is 1.39. The van der Waals surface area contributed by atoms with Crippen molar-refractivity contribution in [3.05, 3.63) is 0 Å². The third kappa shape index (κ3) is 3.58. The van der Waals surface area contributed by atoms with Crippen molar-refractivity contribution in [3.8, 4) is 0 Å². The number of carbonyl (C=O) groups excluding carboxylic acids is 1. The third-order valence-electron chi connectivity index (χ3n) is 0.263. The summed E-state index contributed by atoms with van der Waals surface area (Å²) in [7, 11) is 5.40. The van der Waals surface area contributed by atoms with Gasteiger partial charge in [0.2, 0.25) is 0 Å². The van der Waals surface area contributed by atoms with Gasteiger partial charge in [0, 0.05) is 7.30 Å². The van der Waals surface area contributed by atoms with Gasteiger partial charge in [-0.2, -0.15) is 0 Å². The van der Waals surface area contributed by atoms with Crippen molar-refractivity contribution in [1.29, 1.82) is 0 Å². The summed E-state index contributed by atoms with van der Waals surface area (Å²) in [6.45, 7) is 0. The van der Waals surface area contributed by atoms with Crippen molar-refractivity contribution in [3.63, 3.8) is 0 Å². The predicted molar refractivity (Wildman–Crippen MR) is 41.4 cm³/mol. The Kier molecular flexibility index (Phi) is 5.60. The number of hydrogen-bond donors (Lipinski definition) is 0. The van der Waals surface area contributed by atoms with Crippen LogP contribution in [0.2, 0.25) is 0 Å². The Morgan fingerprint density at radius 1 is 1.83 bits per heavy atom. The van der Waals surface area contributed by atoms with Crippen molar-refractivity contribution in [2.24, 2.45) is 0 Å². The zero-order valence-electron chi connectivity index (χ0n) is 3.09. The molecule has 0 aromatic rings. The molecule has 0 saturated heterocycles. The van der Waals surface area contributed by atoms with Gasteiger partial charge in [-0.15, -0.1) is 8.93 Å². The number of rotatable bonds is 2. The van der Waals surface area contributed by atoms with Gasteiger partial charge in [-0.25, -0.2) is 0 Å². The van der Waals surface area contributed by atoms with Crippen LogP contribution in [0.1, 0.15) is 0 Å². The van der Waals surface area contributed by atoms with Crippen molar-refractivity contribution >= 4 is 39.1 Å². The van der Waals surface area contributed by atoms with E-state index in [1.807, 2.05) is 0 Å². The quantitative estimate of drug-likeness (QED) is 0.442. The van der Waals surface area contributed by atoms with Crippen molar-refractivity contribution in [2.45, 2.75) is 0 Å². The Morgan fingerprint density at radius 2 is 2.33 bits per heavy atom. The Labute approximate surface area is 44.7 Å². The van der Waals surface area contributed by atoms with Crippen LogP contribution >= 0.6 is 33.1 Å². The van der Waals surface area contributed by atoms with E-state index in [0.717, 1.165) is 6.03 Å². The van der Waals surface area contributed by atoms with Gasteiger partial charge in [-0.3, -0.25) is 4.79 Å². The summed E-state index contributed by atoms with van der Waals surface area (Å²) < 4.78 is 0. The van der Waals surface area contributed by atoms with Crippen molar-refractivity contribution < 1.29 is 4.79 Å². The van der Waals surface area contributed by atoms with Crippen LogP contribution in [0.4, 0.5) is 0 Å². The van der Waals surface area contributed by atoms with Gasteiger partial charge < -0.3 is 0 Å². The molecule has 4 atom stereocenters. The summed E-state index contributed by atoms with van der Waals surface area (Å²) >= 11 is 0. The molecule has 0 aromatic heterocycles. The standard InChI is InChI=1S/CH6OP4/c2-1-6(4)5-3/h1,5H,3-4H2. The molecule has 1 nitrogen and oxygen atoms in total. The zero-order valence-corrected chi connectivity index (χ0v) is 7.29. The maximum Gasteiger partial charge on any atom is 0.150 e. The van der Waals surface area contributed by atoms with Gasteiger partial charge in [0.15, 0.2) is 0 Å². The van der Waals surface area contributed by atoms with Crippen LogP contribution in [0.15, 0.2) is 0 Å². The van der Waals surface area contributed by atoms with Crippen LogP contribution in [-0.2, 0) is 4.79 Å². The molecule has 5 heteroatoms. The normalized spacial score (nSPS) is 15.7. The lowest BCUT2D eigenvalue weighted by Gasteiger charge is -1.90. The van der Waals surface area contributed by atoms with Crippen LogP contribution in [0.25, 0.3) is 0 Å². The molecule has 0 aliphatic rings. The minimum atomic E-state index is -0.349. The van der Waals surface area contributed by atoms with Crippen molar-refractivity contribution in [2.75, 3.05) is 0 Å². The molecule has 4 unspecified atom stereocenters. The second kappa shape index (κ2) is 4.55. The zero-order chi connectivity index (χ0) is 4.99. The Morgan fingerprint density at radius 3 is 2.33 bits per heavy atom. The van der Waals surface area contributed by atoms with E-state index in [1.54, 1.807) is 0 Å². The summed E-state index contributed by atoms with van der Waals surface area (Å²) in [4.78, 5) is 9.74. The minimum Gasteiger partial charge on any atom is -0.298 e. The van der Waals surface area contributed by atoms with E-state index in [2.05, 4.69) is 17.9 Å². The maximum atomic E-state index is 9.74. The van der Waals surface area contributed by atoms with Gasteiger partial charge in [-0.1, -0.05) is 16.9 Å². The van der Waals surface area contributed by atoms with E-state index in [4.69, 9.17) is 0 Å². The van der Waals surface area contributed by atoms with E-state index < -0.39 is 0 Å². The van der Waals surface area contributed by atoms with Crippen LogP contribution in [0.3, 0.4) is 0 Å². The van der Waals surface area contributed by atoms with E-state index in [9.17, 15) is 4.79 Å². The maximum absolute atomic E-state index is 9.74. The molecule has 36 valence electrons. The van der Waals surface area contributed by atoms with Gasteiger partial charge >= 0.3 is 0 Å². The van der Waals surface area contributed by atoms with E-state index in [-0.39, 0.29) is 7.30 Å². The molecule has 0 aliphatic carbocycles. The Bertz CT molecular complexity index is 44.8. The summed E-state index contributed by atoms with van der Waals surface area (Å²) in [6, 6.07) is 0.992. The molecule has 0 N–H and O–H groups in total. The molecule has 0 amide bonds. The fourth-order valence-corrected chi connectivity index (χ4v) is 0.822. The largest absolute Gasteiger partial charge is 0.298 e. The highest BCUT2D eigenvalue weighted by molar-refractivity contribution is 8.65. The highest BCUT2D eigenvalue weighted by atomic mass is 32.6. The van der Waals surface area contributed by atoms with Crippen LogP contribution in [0, 0.1) is 0 Å². The molecule has 0 radical (unpaired) electrons. The van der Waals surface area contributed by atoms with Crippen molar-refractivity contribution in [1.82, 2.24) is 0 Å². The van der Waals surface area contributed by atoms with Crippen LogP contribution in [-0.4, -0.2) is 6.03 Å². The molecule has 0 spiro atoms. The molecule has 0 fully saturated rings. The summed E-state index contributed by atoms with van der Waals surface area (Å²) in [5, 5.41) is 0. The lowest BCUT2D eigenvalue weighted by molar-refractivity contribution is 0.569. The average Bonchev–Trinajstić information content (AvgIpc) is 1.65. The lowest BCUT2D eigenvalue weighted by atomic mass is 11.8. The van der Waals surface area contributed by atoms with Crippen LogP contribution < -0.4 is 0 Å². The number of hydrogen-bond acceptors (Lipinski definition) is 1. The molecular formula is CH6OP4. The minimum absolute atomic E-state index is 0.349. The molecule has 6 heavy (non-hydrogen) atoms. The van der Waals surface area contributed by atoms with E-state index in [0.29, 0.717) is 7.96 Å². The summed E-state index contributed by atoms with van der Waals surface area (Å²) in [5.74, 6) is 0. The topological polar surface area (TPSA) is 17.1 Å². The Balaban J connectivity index is 2.96. The first kappa shape index (κ1) is 7.39.